The quantitative estimate of drug-likeness (QED) is 0.862. The molecule has 0 radical (unpaired) electrons. The number of carbonyl (C=O) groups excluding carboxylic acids is 2. The molecule has 1 rings (SSSR count). The first-order valence-electron chi connectivity index (χ1n) is 5.98. The molecule has 0 aliphatic carbocycles. The summed E-state index contributed by atoms with van der Waals surface area (Å²) < 4.78 is 5.71. The zero-order valence-electron chi connectivity index (χ0n) is 11.3. The molecule has 0 fully saturated rings. The Morgan fingerprint density at radius 1 is 1.26 bits per heavy atom. The van der Waals surface area contributed by atoms with Crippen LogP contribution in [-0.2, 0) is 14.3 Å². The zero-order valence-corrected chi connectivity index (χ0v) is 12.9. The highest BCUT2D eigenvalue weighted by Gasteiger charge is 2.18. The highest BCUT2D eigenvalue weighted by molar-refractivity contribution is 9.10. The van der Waals surface area contributed by atoms with Crippen molar-refractivity contribution in [3.63, 3.8) is 0 Å². The Kier molecular flexibility index (Phi) is 5.54. The zero-order chi connectivity index (χ0) is 14.5. The maximum Gasteiger partial charge on any atom is 0.306 e. The SMILES string of the molecule is CC(C)(C)CC(=O)OCC(=O)Nc1ccccc1Br. The van der Waals surface area contributed by atoms with E-state index in [1.807, 2.05) is 39.0 Å². The molecule has 0 aromatic heterocycles. The van der Waals surface area contributed by atoms with Crippen LogP contribution in [0.2, 0.25) is 0 Å². The Hall–Kier alpha value is -1.36. The van der Waals surface area contributed by atoms with Crippen LogP contribution in [0.25, 0.3) is 0 Å². The van der Waals surface area contributed by atoms with Crippen molar-refractivity contribution in [2.75, 3.05) is 11.9 Å². The van der Waals surface area contributed by atoms with Gasteiger partial charge in [0.1, 0.15) is 0 Å². The number of ether oxygens (including phenoxy) is 1. The van der Waals surface area contributed by atoms with Crippen molar-refractivity contribution < 1.29 is 14.3 Å². The fourth-order valence-electron chi connectivity index (χ4n) is 1.38. The van der Waals surface area contributed by atoms with Gasteiger partial charge in [0.05, 0.1) is 12.1 Å². The number of nitrogens with one attached hydrogen (secondary N) is 1. The van der Waals surface area contributed by atoms with E-state index in [2.05, 4.69) is 21.2 Å². The van der Waals surface area contributed by atoms with Gasteiger partial charge in [-0.1, -0.05) is 32.9 Å². The minimum Gasteiger partial charge on any atom is -0.456 e. The molecule has 1 amide bonds. The number of hydrogen-bond acceptors (Lipinski definition) is 3. The summed E-state index contributed by atoms with van der Waals surface area (Å²) in [7, 11) is 0. The number of esters is 1. The van der Waals surface area contributed by atoms with Crippen molar-refractivity contribution in [3.8, 4) is 0 Å². The Morgan fingerprint density at radius 2 is 1.89 bits per heavy atom. The van der Waals surface area contributed by atoms with Crippen LogP contribution in [0.4, 0.5) is 5.69 Å². The van der Waals surface area contributed by atoms with Crippen LogP contribution in [0.1, 0.15) is 27.2 Å². The second kappa shape index (κ2) is 6.70. The van der Waals surface area contributed by atoms with Crippen LogP contribution >= 0.6 is 15.9 Å². The summed E-state index contributed by atoms with van der Waals surface area (Å²) in [6.07, 6.45) is 0.287. The van der Waals surface area contributed by atoms with Crippen molar-refractivity contribution in [1.29, 1.82) is 0 Å². The molecule has 0 saturated carbocycles. The Bertz CT molecular complexity index is 466. The number of benzene rings is 1. The molecule has 0 bridgehead atoms. The molecule has 1 aromatic rings. The van der Waals surface area contributed by atoms with Crippen LogP contribution in [-0.4, -0.2) is 18.5 Å². The fraction of sp³-hybridized carbons (Fsp3) is 0.429. The van der Waals surface area contributed by atoms with Crippen molar-refractivity contribution >= 4 is 33.5 Å². The Balaban J connectivity index is 2.41. The van der Waals surface area contributed by atoms with Crippen LogP contribution in [0.15, 0.2) is 28.7 Å². The lowest BCUT2D eigenvalue weighted by Gasteiger charge is -2.16. The van der Waals surface area contributed by atoms with Gasteiger partial charge < -0.3 is 10.1 Å². The van der Waals surface area contributed by atoms with E-state index in [0.717, 1.165) is 4.47 Å². The molecule has 0 aliphatic heterocycles. The molecule has 0 spiro atoms. The van der Waals surface area contributed by atoms with Gasteiger partial charge in [-0.15, -0.1) is 0 Å². The van der Waals surface area contributed by atoms with E-state index in [1.165, 1.54) is 0 Å². The Labute approximate surface area is 121 Å². The van der Waals surface area contributed by atoms with Gasteiger partial charge in [-0.05, 0) is 33.5 Å². The highest BCUT2D eigenvalue weighted by Crippen LogP contribution is 2.21. The third kappa shape index (κ3) is 6.38. The second-order valence-corrected chi connectivity index (χ2v) is 6.28. The van der Waals surface area contributed by atoms with Gasteiger partial charge in [-0.25, -0.2) is 0 Å². The first-order valence-corrected chi connectivity index (χ1v) is 6.77. The van der Waals surface area contributed by atoms with E-state index < -0.39 is 0 Å². The molecular formula is C14H18BrNO3. The van der Waals surface area contributed by atoms with Gasteiger partial charge >= 0.3 is 5.97 Å². The molecule has 4 nitrogen and oxygen atoms in total. The highest BCUT2D eigenvalue weighted by atomic mass is 79.9. The van der Waals surface area contributed by atoms with Crippen LogP contribution in [0.5, 0.6) is 0 Å². The normalized spacial score (nSPS) is 10.9. The summed E-state index contributed by atoms with van der Waals surface area (Å²) in [4.78, 5) is 23.1. The van der Waals surface area contributed by atoms with Crippen molar-refractivity contribution in [3.05, 3.63) is 28.7 Å². The summed E-state index contributed by atoms with van der Waals surface area (Å²) in [5.41, 5.74) is 0.509. The Morgan fingerprint density at radius 3 is 2.47 bits per heavy atom. The van der Waals surface area contributed by atoms with Crippen molar-refractivity contribution in [1.82, 2.24) is 0 Å². The van der Waals surface area contributed by atoms with Gasteiger partial charge in [-0.3, -0.25) is 9.59 Å². The minimum atomic E-state index is -0.366. The number of halogens is 1. The van der Waals surface area contributed by atoms with Crippen LogP contribution in [0, 0.1) is 5.41 Å². The number of amides is 1. The number of carbonyl (C=O) groups is 2. The van der Waals surface area contributed by atoms with E-state index in [0.29, 0.717) is 5.69 Å². The van der Waals surface area contributed by atoms with Crippen LogP contribution in [0.3, 0.4) is 0 Å². The van der Waals surface area contributed by atoms with Gasteiger partial charge in [0.2, 0.25) is 0 Å². The lowest BCUT2D eigenvalue weighted by Crippen LogP contribution is -2.23. The predicted octanol–water partition coefficient (Wildman–Crippen LogP) is 3.37. The molecule has 0 unspecified atom stereocenters. The number of hydrogen-bond donors (Lipinski definition) is 1. The van der Waals surface area contributed by atoms with E-state index in [9.17, 15) is 9.59 Å². The van der Waals surface area contributed by atoms with E-state index in [4.69, 9.17) is 4.74 Å². The monoisotopic (exact) mass is 327 g/mol. The molecule has 5 heteroatoms. The number of rotatable bonds is 4. The van der Waals surface area contributed by atoms with Crippen LogP contribution < -0.4 is 5.32 Å². The van der Waals surface area contributed by atoms with E-state index >= 15 is 0 Å². The topological polar surface area (TPSA) is 55.4 Å². The summed E-state index contributed by atoms with van der Waals surface area (Å²) in [6.45, 7) is 5.55. The van der Waals surface area contributed by atoms with E-state index in [1.54, 1.807) is 6.07 Å². The summed E-state index contributed by atoms with van der Waals surface area (Å²) in [5.74, 6) is -0.719. The summed E-state index contributed by atoms with van der Waals surface area (Å²) in [6, 6.07) is 7.25. The molecule has 0 aliphatic rings. The molecule has 0 atom stereocenters. The first kappa shape index (κ1) is 15.7. The first-order chi connectivity index (χ1) is 8.78. The standard InChI is InChI=1S/C14H18BrNO3/c1-14(2,3)8-13(18)19-9-12(17)16-11-7-5-4-6-10(11)15/h4-7H,8-9H2,1-3H3,(H,16,17). The second-order valence-electron chi connectivity index (χ2n) is 5.43. The summed E-state index contributed by atoms with van der Waals surface area (Å²) in [5, 5.41) is 2.67. The fourth-order valence-corrected chi connectivity index (χ4v) is 1.76. The van der Waals surface area contributed by atoms with Gasteiger partial charge in [-0.2, -0.15) is 0 Å². The average molecular weight is 328 g/mol. The van der Waals surface area contributed by atoms with Crippen molar-refractivity contribution in [2.45, 2.75) is 27.2 Å². The van der Waals surface area contributed by atoms with Gasteiger partial charge in [0.25, 0.3) is 5.91 Å². The smallest absolute Gasteiger partial charge is 0.306 e. The molecule has 19 heavy (non-hydrogen) atoms. The van der Waals surface area contributed by atoms with Gasteiger partial charge in [0.15, 0.2) is 6.61 Å². The van der Waals surface area contributed by atoms with Crippen molar-refractivity contribution in [2.24, 2.45) is 5.41 Å². The predicted molar refractivity (Wildman–Crippen MR) is 77.8 cm³/mol. The number of para-hydroxylation sites is 1. The molecule has 1 aromatic carbocycles. The summed E-state index contributed by atoms with van der Waals surface area (Å²) >= 11 is 3.32. The minimum absolute atomic E-state index is 0.143. The lowest BCUT2D eigenvalue weighted by molar-refractivity contribution is -0.149. The van der Waals surface area contributed by atoms with E-state index in [-0.39, 0.29) is 30.3 Å². The maximum absolute atomic E-state index is 11.6. The molecule has 0 heterocycles. The molecule has 0 saturated heterocycles. The average Bonchev–Trinajstić information content (AvgIpc) is 2.27. The largest absolute Gasteiger partial charge is 0.456 e. The number of anilines is 1. The molecule has 104 valence electrons. The molecular weight excluding hydrogens is 310 g/mol. The van der Waals surface area contributed by atoms with Gasteiger partial charge in [0, 0.05) is 4.47 Å². The lowest BCUT2D eigenvalue weighted by atomic mass is 9.93. The third-order valence-electron chi connectivity index (χ3n) is 2.19. The maximum atomic E-state index is 11.6. The molecule has 1 N–H and O–H groups in total. The third-order valence-corrected chi connectivity index (χ3v) is 2.88.